The Morgan fingerprint density at radius 1 is 1.15 bits per heavy atom. The van der Waals surface area contributed by atoms with Crippen LogP contribution in [-0.2, 0) is 14.8 Å². The van der Waals surface area contributed by atoms with Crippen molar-refractivity contribution in [3.05, 3.63) is 59.2 Å². The number of nitrogens with one attached hydrogen (secondary N) is 2. The summed E-state index contributed by atoms with van der Waals surface area (Å²) in [5, 5.41) is 2.44. The maximum Gasteiger partial charge on any atom is 0.258 e. The number of amides is 1. The molecule has 9 heteroatoms. The fraction of sp³-hybridized carbons (Fsp3) is 0.278. The minimum absolute atomic E-state index is 0.226. The maximum atomic E-state index is 14.1. The smallest absolute Gasteiger partial charge is 0.258 e. The quantitative estimate of drug-likeness (QED) is 0.814. The van der Waals surface area contributed by atoms with Crippen LogP contribution in [0.5, 0.6) is 0 Å². The summed E-state index contributed by atoms with van der Waals surface area (Å²) in [4.78, 5) is 12.1. The van der Waals surface area contributed by atoms with Crippen LogP contribution in [-0.4, -0.2) is 33.6 Å². The van der Waals surface area contributed by atoms with Crippen molar-refractivity contribution in [2.45, 2.75) is 24.3 Å². The predicted molar refractivity (Wildman–Crippen MR) is 95.0 cm³/mol. The lowest BCUT2D eigenvalue weighted by atomic mass is 10.1. The molecule has 1 fully saturated rings. The molecule has 0 unspecified atom stereocenters. The summed E-state index contributed by atoms with van der Waals surface area (Å²) < 4.78 is 59.9. The number of ether oxygens (including phenoxy) is 1. The van der Waals surface area contributed by atoms with Crippen LogP contribution in [0, 0.1) is 18.6 Å². The molecule has 2 aromatic rings. The van der Waals surface area contributed by atoms with E-state index in [1.165, 1.54) is 25.1 Å². The van der Waals surface area contributed by atoms with Gasteiger partial charge in [0.15, 0.2) is 0 Å². The molecule has 6 nitrogen and oxygen atoms in total. The van der Waals surface area contributed by atoms with Gasteiger partial charge < -0.3 is 10.1 Å². The van der Waals surface area contributed by atoms with Gasteiger partial charge in [0.25, 0.3) is 5.91 Å². The average Bonchev–Trinajstić information content (AvgIpc) is 3.10. The van der Waals surface area contributed by atoms with E-state index in [0.717, 1.165) is 18.2 Å². The van der Waals surface area contributed by atoms with Gasteiger partial charge in [-0.15, -0.1) is 0 Å². The molecule has 0 aromatic heterocycles. The van der Waals surface area contributed by atoms with Gasteiger partial charge >= 0.3 is 0 Å². The number of anilines is 1. The van der Waals surface area contributed by atoms with Crippen molar-refractivity contribution in [2.24, 2.45) is 0 Å². The van der Waals surface area contributed by atoms with Crippen LogP contribution in [0.25, 0.3) is 0 Å². The number of sulfonamides is 1. The van der Waals surface area contributed by atoms with E-state index in [0.29, 0.717) is 18.6 Å². The lowest BCUT2D eigenvalue weighted by Gasteiger charge is -2.13. The Bertz CT molecular complexity index is 973. The zero-order valence-electron chi connectivity index (χ0n) is 14.5. The Morgan fingerprint density at radius 2 is 1.89 bits per heavy atom. The second kappa shape index (κ2) is 7.71. The standard InChI is InChI=1S/C18H18F2N2O4S/c1-11-8-12(2-4-16(11)19)21-18(23)15-9-14(3-5-17(15)20)27(24,25)22-13-6-7-26-10-13/h2-5,8-9,13,22H,6-7,10H2,1H3,(H,21,23)/t13-/m0/s1. The van der Waals surface area contributed by atoms with Gasteiger partial charge in [-0.3, -0.25) is 4.79 Å². The molecule has 3 rings (SSSR count). The minimum atomic E-state index is -3.93. The fourth-order valence-corrected chi connectivity index (χ4v) is 3.96. The predicted octanol–water partition coefficient (Wildman–Crippen LogP) is 2.59. The molecular formula is C18H18F2N2O4S. The third-order valence-corrected chi connectivity index (χ3v) is 5.68. The molecule has 1 aliphatic rings. The third-order valence-electron chi connectivity index (χ3n) is 4.16. The zero-order valence-corrected chi connectivity index (χ0v) is 15.3. The molecule has 27 heavy (non-hydrogen) atoms. The number of hydrogen-bond donors (Lipinski definition) is 2. The van der Waals surface area contributed by atoms with E-state index >= 15 is 0 Å². The molecule has 1 saturated heterocycles. The van der Waals surface area contributed by atoms with E-state index < -0.39 is 33.1 Å². The van der Waals surface area contributed by atoms with E-state index in [2.05, 4.69) is 10.0 Å². The number of aryl methyl sites for hydroxylation is 1. The van der Waals surface area contributed by atoms with E-state index in [9.17, 15) is 22.0 Å². The highest BCUT2D eigenvalue weighted by molar-refractivity contribution is 7.89. The maximum absolute atomic E-state index is 14.1. The molecule has 0 spiro atoms. The average molecular weight is 396 g/mol. The summed E-state index contributed by atoms with van der Waals surface area (Å²) >= 11 is 0. The number of carbonyl (C=O) groups excluding carboxylic acids is 1. The first kappa shape index (κ1) is 19.4. The minimum Gasteiger partial charge on any atom is -0.380 e. The Kier molecular flexibility index (Phi) is 5.54. The molecule has 0 saturated carbocycles. The second-order valence-electron chi connectivity index (χ2n) is 6.24. The molecule has 1 amide bonds. The Labute approximate surface area is 155 Å². The number of rotatable bonds is 5. The summed E-state index contributed by atoms with van der Waals surface area (Å²) in [6.45, 7) is 2.25. The van der Waals surface area contributed by atoms with Gasteiger partial charge in [0.05, 0.1) is 17.1 Å². The highest BCUT2D eigenvalue weighted by Crippen LogP contribution is 2.19. The SMILES string of the molecule is Cc1cc(NC(=O)c2cc(S(=O)(=O)N[C@H]3CCOC3)ccc2F)ccc1F. The monoisotopic (exact) mass is 396 g/mol. The van der Waals surface area contributed by atoms with Gasteiger partial charge in [-0.05, 0) is 55.3 Å². The summed E-state index contributed by atoms with van der Waals surface area (Å²) in [6, 6.07) is 6.53. The van der Waals surface area contributed by atoms with Crippen molar-refractivity contribution in [1.29, 1.82) is 0 Å². The molecule has 0 radical (unpaired) electrons. The summed E-state index contributed by atoms with van der Waals surface area (Å²) in [6.07, 6.45) is 0.539. The van der Waals surface area contributed by atoms with Crippen LogP contribution < -0.4 is 10.0 Å². The molecule has 1 heterocycles. The molecule has 0 aliphatic carbocycles. The van der Waals surface area contributed by atoms with E-state index in [1.807, 2.05) is 0 Å². The highest BCUT2D eigenvalue weighted by atomic mass is 32.2. The van der Waals surface area contributed by atoms with E-state index in [-0.39, 0.29) is 23.2 Å². The van der Waals surface area contributed by atoms with Gasteiger partial charge in [0.2, 0.25) is 10.0 Å². The van der Waals surface area contributed by atoms with Crippen molar-refractivity contribution in [3.8, 4) is 0 Å². The zero-order chi connectivity index (χ0) is 19.6. The molecular weight excluding hydrogens is 378 g/mol. The van der Waals surface area contributed by atoms with Gasteiger partial charge in [0.1, 0.15) is 11.6 Å². The Hall–Kier alpha value is -2.36. The molecule has 1 atom stereocenters. The first-order chi connectivity index (χ1) is 12.8. The van der Waals surface area contributed by atoms with E-state index in [1.54, 1.807) is 0 Å². The first-order valence-corrected chi connectivity index (χ1v) is 9.72. The van der Waals surface area contributed by atoms with Crippen LogP contribution in [0.15, 0.2) is 41.3 Å². The highest BCUT2D eigenvalue weighted by Gasteiger charge is 2.25. The van der Waals surface area contributed by atoms with Crippen molar-refractivity contribution in [2.75, 3.05) is 18.5 Å². The first-order valence-electron chi connectivity index (χ1n) is 8.23. The van der Waals surface area contributed by atoms with Gasteiger partial charge in [0, 0.05) is 18.3 Å². The summed E-state index contributed by atoms with van der Waals surface area (Å²) in [7, 11) is -3.93. The van der Waals surface area contributed by atoms with Crippen LogP contribution in [0.4, 0.5) is 14.5 Å². The lowest BCUT2D eigenvalue weighted by molar-refractivity contribution is 0.102. The molecule has 0 bridgehead atoms. The van der Waals surface area contributed by atoms with Gasteiger partial charge in [-0.2, -0.15) is 0 Å². The number of carbonyl (C=O) groups is 1. The summed E-state index contributed by atoms with van der Waals surface area (Å²) in [5.41, 5.74) is 0.155. The van der Waals surface area contributed by atoms with Gasteiger partial charge in [-0.25, -0.2) is 21.9 Å². The van der Waals surface area contributed by atoms with Crippen LogP contribution in [0.3, 0.4) is 0 Å². The molecule has 2 N–H and O–H groups in total. The summed E-state index contributed by atoms with van der Waals surface area (Å²) in [5.74, 6) is -2.14. The molecule has 144 valence electrons. The van der Waals surface area contributed by atoms with Crippen molar-refractivity contribution < 1.29 is 26.7 Å². The van der Waals surface area contributed by atoms with Gasteiger partial charge in [-0.1, -0.05) is 0 Å². The van der Waals surface area contributed by atoms with Crippen molar-refractivity contribution >= 4 is 21.6 Å². The Balaban J connectivity index is 1.83. The molecule has 2 aromatic carbocycles. The van der Waals surface area contributed by atoms with Crippen LogP contribution >= 0.6 is 0 Å². The van der Waals surface area contributed by atoms with Crippen molar-refractivity contribution in [3.63, 3.8) is 0 Å². The largest absolute Gasteiger partial charge is 0.380 e. The second-order valence-corrected chi connectivity index (χ2v) is 7.96. The molecule has 1 aliphatic heterocycles. The lowest BCUT2D eigenvalue weighted by Crippen LogP contribution is -2.35. The normalized spacial score (nSPS) is 17.1. The number of benzene rings is 2. The van der Waals surface area contributed by atoms with E-state index in [4.69, 9.17) is 4.74 Å². The van der Waals surface area contributed by atoms with Crippen molar-refractivity contribution in [1.82, 2.24) is 4.72 Å². The fourth-order valence-electron chi connectivity index (χ4n) is 2.68. The number of halogens is 2. The number of hydrogen-bond acceptors (Lipinski definition) is 4. The topological polar surface area (TPSA) is 84.5 Å². The Morgan fingerprint density at radius 3 is 2.56 bits per heavy atom. The third kappa shape index (κ3) is 4.49. The van der Waals surface area contributed by atoms with Crippen LogP contribution in [0.2, 0.25) is 0 Å². The van der Waals surface area contributed by atoms with Crippen LogP contribution in [0.1, 0.15) is 22.3 Å².